The number of nitrogens with zero attached hydrogens (tertiary/aromatic N) is 2. The van der Waals surface area contributed by atoms with Crippen LogP contribution < -0.4 is 10.1 Å². The van der Waals surface area contributed by atoms with Crippen LogP contribution in [0.1, 0.15) is 34.9 Å². The molecule has 2 aliphatic rings. The lowest BCUT2D eigenvalue weighted by Crippen LogP contribution is -2.38. The van der Waals surface area contributed by atoms with Gasteiger partial charge in [-0.05, 0) is 76.7 Å². The van der Waals surface area contributed by atoms with Crippen molar-refractivity contribution >= 4 is 27.0 Å². The van der Waals surface area contributed by atoms with Crippen molar-refractivity contribution in [1.82, 2.24) is 19.6 Å². The summed E-state index contributed by atoms with van der Waals surface area (Å²) in [6.45, 7) is -0.374. The van der Waals surface area contributed by atoms with E-state index in [-0.39, 0.29) is 49.4 Å². The first kappa shape index (κ1) is 33.5. The quantitative estimate of drug-likeness (QED) is 0.155. The fourth-order valence-corrected chi connectivity index (χ4v) is 8.07. The van der Waals surface area contributed by atoms with Gasteiger partial charge in [-0.3, -0.25) is 4.79 Å². The van der Waals surface area contributed by atoms with Gasteiger partial charge in [0.1, 0.15) is 11.6 Å². The number of sulfonamides is 1. The number of allylic oxidation sites excluding steroid dienone is 1. The number of nitrogens with one attached hydrogen (secondary N) is 2. The number of aliphatic hydroxyl groups is 1. The van der Waals surface area contributed by atoms with Gasteiger partial charge < -0.3 is 29.6 Å². The van der Waals surface area contributed by atoms with Crippen molar-refractivity contribution < 1.29 is 32.5 Å². The van der Waals surface area contributed by atoms with Gasteiger partial charge in [0, 0.05) is 25.4 Å². The van der Waals surface area contributed by atoms with E-state index in [2.05, 4.69) is 39.6 Å². The molecule has 2 heterocycles. The van der Waals surface area contributed by atoms with Gasteiger partial charge in [0.25, 0.3) is 5.91 Å². The second kappa shape index (κ2) is 14.5. The maximum absolute atomic E-state index is 13.6. The highest BCUT2D eigenvalue weighted by molar-refractivity contribution is 7.89. The van der Waals surface area contributed by atoms with Gasteiger partial charge in [-0.2, -0.15) is 4.31 Å². The van der Waals surface area contributed by atoms with E-state index in [0.717, 1.165) is 23.0 Å². The molecule has 0 saturated heterocycles. The Kier molecular flexibility index (Phi) is 9.68. The van der Waals surface area contributed by atoms with Crippen molar-refractivity contribution in [1.29, 1.82) is 0 Å². The van der Waals surface area contributed by atoms with Crippen LogP contribution in [0.5, 0.6) is 5.75 Å². The number of aromatic amines is 1. The number of fused-ring (bicyclic) bond motifs is 4. The molecule has 1 amide bonds. The molecule has 4 aromatic carbocycles. The highest BCUT2D eigenvalue weighted by atomic mass is 32.2. The van der Waals surface area contributed by atoms with Gasteiger partial charge in [-0.15, -0.1) is 0 Å². The standard InChI is InChI=1S/C38H38N4O7S/c1-47-27-13-15-28(16-14-27)50(45,46)42(17-19-43)18-20-48-37-23-26(30-9-6-10-31-29-8-3-2-7-25(29)21-32(30)31)22-35(49-37)38(44)39-24-36-40-33-11-4-5-12-34(33)41-36/h2-16,22,26,37,43H,17-21,23-24H2,1H3,(H,39,44)(H,40,41)/t26-,37+/m0/s1. The molecule has 1 aromatic heterocycles. The number of para-hydroxylation sites is 2. The molecule has 0 saturated carbocycles. The first-order chi connectivity index (χ1) is 24.3. The molecule has 258 valence electrons. The first-order valence-corrected chi connectivity index (χ1v) is 17.9. The van der Waals surface area contributed by atoms with Crippen LogP contribution in [0.25, 0.3) is 22.2 Å². The number of amides is 1. The zero-order valence-corrected chi connectivity index (χ0v) is 28.4. The van der Waals surface area contributed by atoms with Gasteiger partial charge in [0.15, 0.2) is 5.76 Å². The summed E-state index contributed by atoms with van der Waals surface area (Å²) in [5, 5.41) is 12.6. The van der Waals surface area contributed by atoms with Crippen LogP contribution in [0, 0.1) is 0 Å². The Labute approximate surface area is 290 Å². The van der Waals surface area contributed by atoms with E-state index in [1.807, 2.05) is 48.5 Å². The summed E-state index contributed by atoms with van der Waals surface area (Å²) in [5.41, 5.74) is 7.61. The molecule has 0 fully saturated rings. The molecule has 1 aliphatic heterocycles. The minimum Gasteiger partial charge on any atom is -0.497 e. The van der Waals surface area contributed by atoms with Crippen LogP contribution in [-0.2, 0) is 37.3 Å². The molecule has 5 aromatic rings. The molecular weight excluding hydrogens is 657 g/mol. The first-order valence-electron chi connectivity index (χ1n) is 16.5. The third kappa shape index (κ3) is 6.88. The number of benzene rings is 4. The number of carbonyl (C=O) groups is 1. The monoisotopic (exact) mass is 694 g/mol. The molecule has 11 nitrogen and oxygen atoms in total. The van der Waals surface area contributed by atoms with E-state index in [9.17, 15) is 18.3 Å². The molecule has 2 atom stereocenters. The SMILES string of the molecule is COc1ccc(S(=O)(=O)N(CCO)CCO[C@H]2C[C@@H](c3cccc4c3Cc3ccccc3-4)C=C(C(=O)NCc3nc4ccccc4[nH]3)O2)cc1. The van der Waals surface area contributed by atoms with E-state index in [4.69, 9.17) is 14.2 Å². The summed E-state index contributed by atoms with van der Waals surface area (Å²) in [6.07, 6.45) is 2.21. The summed E-state index contributed by atoms with van der Waals surface area (Å²) in [5.74, 6) is 0.642. The number of ether oxygens (including phenoxy) is 3. The minimum atomic E-state index is -3.93. The third-order valence-corrected chi connectivity index (χ3v) is 11.0. The summed E-state index contributed by atoms with van der Waals surface area (Å²) in [7, 11) is -2.43. The van der Waals surface area contributed by atoms with Crippen LogP contribution in [0.4, 0.5) is 0 Å². The van der Waals surface area contributed by atoms with Gasteiger partial charge in [-0.25, -0.2) is 13.4 Å². The molecule has 3 N–H and O–H groups in total. The molecular formula is C38H38N4O7S. The van der Waals surface area contributed by atoms with Gasteiger partial charge in [0.05, 0.1) is 42.8 Å². The molecule has 1 aliphatic carbocycles. The number of carbonyl (C=O) groups excluding carboxylic acids is 1. The summed E-state index contributed by atoms with van der Waals surface area (Å²) < 4.78 is 45.5. The lowest BCUT2D eigenvalue weighted by Gasteiger charge is -2.31. The Hall–Kier alpha value is -5.01. The molecule has 0 radical (unpaired) electrons. The number of aromatic nitrogens is 2. The van der Waals surface area contributed by atoms with E-state index in [0.29, 0.717) is 18.0 Å². The Bertz CT molecular complexity index is 2110. The van der Waals surface area contributed by atoms with Gasteiger partial charge in [-0.1, -0.05) is 54.6 Å². The number of methoxy groups -OCH3 is 1. The Morgan fingerprint density at radius 1 is 1.00 bits per heavy atom. The molecule has 0 spiro atoms. The van der Waals surface area contributed by atoms with Crippen molar-refractivity contribution in [2.24, 2.45) is 0 Å². The van der Waals surface area contributed by atoms with Crippen LogP contribution in [0.15, 0.2) is 108 Å². The number of H-pyrrole nitrogens is 1. The Morgan fingerprint density at radius 3 is 2.58 bits per heavy atom. The van der Waals surface area contributed by atoms with Crippen molar-refractivity contribution in [3.8, 4) is 16.9 Å². The van der Waals surface area contributed by atoms with Crippen LogP contribution in [0.2, 0.25) is 0 Å². The molecule has 0 unspecified atom stereocenters. The van der Waals surface area contributed by atoms with E-state index >= 15 is 0 Å². The summed E-state index contributed by atoms with van der Waals surface area (Å²) in [6, 6.07) is 28.3. The zero-order chi connectivity index (χ0) is 34.7. The van der Waals surface area contributed by atoms with Gasteiger partial charge >= 0.3 is 0 Å². The maximum Gasteiger partial charge on any atom is 0.286 e. The van der Waals surface area contributed by atoms with Crippen LogP contribution in [0.3, 0.4) is 0 Å². The predicted octanol–water partition coefficient (Wildman–Crippen LogP) is 4.87. The average molecular weight is 695 g/mol. The van der Waals surface area contributed by atoms with Crippen molar-refractivity contribution in [3.05, 3.63) is 125 Å². The average Bonchev–Trinajstić information content (AvgIpc) is 3.74. The molecule has 0 bridgehead atoms. The number of hydrogen-bond acceptors (Lipinski definition) is 8. The Balaban J connectivity index is 1.10. The van der Waals surface area contributed by atoms with E-state index in [1.54, 1.807) is 12.1 Å². The fraction of sp³-hybridized carbons (Fsp3) is 0.263. The van der Waals surface area contributed by atoms with Crippen molar-refractivity contribution in [3.63, 3.8) is 0 Å². The highest BCUT2D eigenvalue weighted by Crippen LogP contribution is 2.43. The number of rotatable bonds is 13. The Morgan fingerprint density at radius 2 is 1.78 bits per heavy atom. The second-order valence-corrected chi connectivity index (χ2v) is 14.1. The lowest BCUT2D eigenvalue weighted by atomic mass is 9.87. The van der Waals surface area contributed by atoms with Gasteiger partial charge in [0.2, 0.25) is 16.3 Å². The molecule has 50 heavy (non-hydrogen) atoms. The highest BCUT2D eigenvalue weighted by Gasteiger charge is 2.33. The number of imidazole rings is 1. The van der Waals surface area contributed by atoms with E-state index < -0.39 is 22.2 Å². The van der Waals surface area contributed by atoms with E-state index in [1.165, 1.54) is 45.8 Å². The van der Waals surface area contributed by atoms with Crippen molar-refractivity contribution in [2.45, 2.75) is 36.5 Å². The third-order valence-electron chi connectivity index (χ3n) is 9.11. The topological polar surface area (TPSA) is 143 Å². The van der Waals surface area contributed by atoms with Crippen LogP contribution in [-0.4, -0.2) is 73.4 Å². The summed E-state index contributed by atoms with van der Waals surface area (Å²) in [4.78, 5) is 21.5. The second-order valence-electron chi connectivity index (χ2n) is 12.2. The largest absolute Gasteiger partial charge is 0.497 e. The zero-order valence-electron chi connectivity index (χ0n) is 27.5. The van der Waals surface area contributed by atoms with Crippen LogP contribution >= 0.6 is 0 Å². The maximum atomic E-state index is 13.6. The summed E-state index contributed by atoms with van der Waals surface area (Å²) >= 11 is 0. The fourth-order valence-electron chi connectivity index (χ4n) is 6.65. The predicted molar refractivity (Wildman–Crippen MR) is 188 cm³/mol. The minimum absolute atomic E-state index is 0.0288. The molecule has 7 rings (SSSR count). The normalized spacial score (nSPS) is 16.8. The number of hydrogen-bond donors (Lipinski definition) is 3. The molecule has 12 heteroatoms. The van der Waals surface area contributed by atoms with Crippen molar-refractivity contribution in [2.75, 3.05) is 33.4 Å². The lowest BCUT2D eigenvalue weighted by molar-refractivity contribution is -0.146. The smallest absolute Gasteiger partial charge is 0.286 e. The number of aliphatic hydroxyl groups excluding tert-OH is 1.